The summed E-state index contributed by atoms with van der Waals surface area (Å²) in [5.41, 5.74) is 7.12. The van der Waals surface area contributed by atoms with E-state index in [0.717, 1.165) is 12.0 Å². The second kappa shape index (κ2) is 10.9. The first-order valence-corrected chi connectivity index (χ1v) is 8.97. The molecule has 0 amide bonds. The Kier molecular flexibility index (Phi) is 8.97. The van der Waals surface area contributed by atoms with Gasteiger partial charge in [0.05, 0.1) is 6.54 Å². The van der Waals surface area contributed by atoms with Crippen LogP contribution >= 0.6 is 0 Å². The second-order valence-corrected chi connectivity index (χ2v) is 5.67. The Hall–Kier alpha value is -3.07. The smallest absolute Gasteiger partial charge is 0.328 e. The van der Waals surface area contributed by atoms with Gasteiger partial charge in [-0.25, -0.2) is 4.79 Å². The number of H-pyrrole nitrogens is 1. The van der Waals surface area contributed by atoms with Crippen molar-refractivity contribution in [2.75, 3.05) is 24.2 Å². The van der Waals surface area contributed by atoms with E-state index in [1.54, 1.807) is 18.2 Å². The number of aliphatic hydroxyl groups is 1. The fraction of sp³-hybridized carbons (Fsp3) is 0.421. The molecule has 0 fully saturated rings. The van der Waals surface area contributed by atoms with Crippen molar-refractivity contribution in [2.24, 2.45) is 0 Å². The lowest BCUT2D eigenvalue weighted by Gasteiger charge is -2.07. The van der Waals surface area contributed by atoms with Gasteiger partial charge in [-0.3, -0.25) is 4.57 Å². The van der Waals surface area contributed by atoms with E-state index in [2.05, 4.69) is 20.3 Å². The van der Waals surface area contributed by atoms with Crippen molar-refractivity contribution >= 4 is 22.9 Å². The van der Waals surface area contributed by atoms with Crippen LogP contribution in [0.4, 0.5) is 11.8 Å². The first-order chi connectivity index (χ1) is 13.1. The highest BCUT2D eigenvalue weighted by atomic mass is 16.3. The van der Waals surface area contributed by atoms with Crippen LogP contribution in [0.25, 0.3) is 11.2 Å². The fourth-order valence-corrected chi connectivity index (χ4v) is 2.55. The maximum absolute atomic E-state index is 12.3. The number of nitrogen functional groups attached to an aromatic ring is 1. The molecule has 6 N–H and O–H groups in total. The number of imidazole rings is 1. The average Bonchev–Trinajstić information content (AvgIpc) is 2.97. The summed E-state index contributed by atoms with van der Waals surface area (Å²) in [6.07, 6.45) is 1.44. The molecule has 0 atom stereocenters. The monoisotopic (exact) mass is 390 g/mol. The molecule has 3 aromatic rings. The van der Waals surface area contributed by atoms with Crippen LogP contribution in [-0.4, -0.2) is 42.9 Å². The van der Waals surface area contributed by atoms with Gasteiger partial charge in [0.2, 0.25) is 5.95 Å². The number of phenolic OH excluding ortho intramolecular Hbond substituents is 1. The quantitative estimate of drug-likeness (QED) is 0.390. The van der Waals surface area contributed by atoms with Crippen LogP contribution in [0.2, 0.25) is 0 Å². The van der Waals surface area contributed by atoms with Crippen LogP contribution in [0.1, 0.15) is 39.7 Å². The summed E-state index contributed by atoms with van der Waals surface area (Å²) in [5, 5.41) is 21.4. The molecule has 0 unspecified atom stereocenters. The zero-order chi connectivity index (χ0) is 19.8. The molecule has 0 saturated carbocycles. The van der Waals surface area contributed by atoms with Crippen molar-refractivity contribution in [1.29, 1.82) is 0 Å². The predicted octanol–water partition coefficient (Wildman–Crippen LogP) is 2.30. The van der Waals surface area contributed by atoms with E-state index in [0.29, 0.717) is 30.1 Å². The van der Waals surface area contributed by atoms with Crippen LogP contribution in [-0.2, 0) is 6.54 Å². The SMILES string of the molecule is C.CC.Nc1nc(NCCCCO)nc2c1[nH]c(=O)n2Cc1cccc(O)c1. The van der Waals surface area contributed by atoms with E-state index in [9.17, 15) is 9.90 Å². The lowest BCUT2D eigenvalue weighted by atomic mass is 10.2. The molecule has 0 aliphatic carbocycles. The third-order valence-corrected chi connectivity index (χ3v) is 3.77. The van der Waals surface area contributed by atoms with Gasteiger partial charge in [-0.15, -0.1) is 0 Å². The van der Waals surface area contributed by atoms with Gasteiger partial charge in [-0.05, 0) is 30.5 Å². The van der Waals surface area contributed by atoms with Gasteiger partial charge < -0.3 is 26.2 Å². The molecular formula is C19H30N6O3. The van der Waals surface area contributed by atoms with Gasteiger partial charge in [0, 0.05) is 13.2 Å². The average molecular weight is 390 g/mol. The number of aromatic amines is 1. The fourth-order valence-electron chi connectivity index (χ4n) is 2.55. The van der Waals surface area contributed by atoms with E-state index in [-0.39, 0.29) is 37.8 Å². The number of rotatable bonds is 7. The minimum Gasteiger partial charge on any atom is -0.508 e. The van der Waals surface area contributed by atoms with Crippen molar-refractivity contribution < 1.29 is 10.2 Å². The number of phenols is 1. The van der Waals surface area contributed by atoms with Crippen molar-refractivity contribution in [1.82, 2.24) is 19.5 Å². The maximum Gasteiger partial charge on any atom is 0.328 e. The van der Waals surface area contributed by atoms with Gasteiger partial charge in [0.15, 0.2) is 11.5 Å². The number of aliphatic hydroxyl groups excluding tert-OH is 1. The van der Waals surface area contributed by atoms with Crippen molar-refractivity contribution in [3.63, 3.8) is 0 Å². The summed E-state index contributed by atoms with van der Waals surface area (Å²) < 4.78 is 1.45. The molecule has 0 saturated heterocycles. The predicted molar refractivity (Wildman–Crippen MR) is 113 cm³/mol. The lowest BCUT2D eigenvalue weighted by molar-refractivity contribution is 0.286. The largest absolute Gasteiger partial charge is 0.508 e. The highest BCUT2D eigenvalue weighted by Gasteiger charge is 2.14. The van der Waals surface area contributed by atoms with Crippen LogP contribution in [0, 0.1) is 0 Å². The molecule has 9 nitrogen and oxygen atoms in total. The zero-order valence-corrected chi connectivity index (χ0v) is 15.6. The first kappa shape index (κ1) is 23.0. The Bertz CT molecular complexity index is 935. The molecule has 9 heteroatoms. The third-order valence-electron chi connectivity index (χ3n) is 3.77. The van der Waals surface area contributed by atoms with Crippen LogP contribution in [0.5, 0.6) is 5.75 Å². The van der Waals surface area contributed by atoms with Gasteiger partial charge >= 0.3 is 5.69 Å². The topological polar surface area (TPSA) is 142 Å². The van der Waals surface area contributed by atoms with Crippen molar-refractivity contribution in [2.45, 2.75) is 40.7 Å². The molecule has 0 aliphatic rings. The summed E-state index contributed by atoms with van der Waals surface area (Å²) >= 11 is 0. The molecule has 28 heavy (non-hydrogen) atoms. The molecule has 154 valence electrons. The molecule has 2 heterocycles. The van der Waals surface area contributed by atoms with Crippen LogP contribution < -0.4 is 16.7 Å². The highest BCUT2D eigenvalue weighted by Crippen LogP contribution is 2.18. The van der Waals surface area contributed by atoms with Gasteiger partial charge in [-0.1, -0.05) is 33.4 Å². The summed E-state index contributed by atoms with van der Waals surface area (Å²) in [7, 11) is 0. The molecule has 0 aliphatic heterocycles. The number of unbranched alkanes of at least 4 members (excludes halogenated alkanes) is 1. The summed E-state index contributed by atoms with van der Waals surface area (Å²) in [6, 6.07) is 6.67. The minimum atomic E-state index is -0.350. The number of nitrogens with zero attached hydrogens (tertiary/aromatic N) is 3. The Morgan fingerprint density at radius 1 is 1.25 bits per heavy atom. The molecule has 2 aromatic heterocycles. The van der Waals surface area contributed by atoms with Gasteiger partial charge in [-0.2, -0.15) is 9.97 Å². The lowest BCUT2D eigenvalue weighted by Crippen LogP contribution is -2.18. The minimum absolute atomic E-state index is 0. The summed E-state index contributed by atoms with van der Waals surface area (Å²) in [4.78, 5) is 23.5. The molecule has 0 spiro atoms. The Balaban J connectivity index is 0.00000127. The third kappa shape index (κ3) is 5.46. The van der Waals surface area contributed by atoms with E-state index >= 15 is 0 Å². The van der Waals surface area contributed by atoms with Crippen molar-refractivity contribution in [3.8, 4) is 5.75 Å². The summed E-state index contributed by atoms with van der Waals surface area (Å²) in [5.74, 6) is 0.638. The van der Waals surface area contributed by atoms with E-state index in [1.165, 1.54) is 4.57 Å². The van der Waals surface area contributed by atoms with Gasteiger partial charge in [0.25, 0.3) is 0 Å². The number of hydrogen-bond acceptors (Lipinski definition) is 7. The van der Waals surface area contributed by atoms with Gasteiger partial charge in [0.1, 0.15) is 11.3 Å². The first-order valence-electron chi connectivity index (χ1n) is 8.97. The van der Waals surface area contributed by atoms with Crippen molar-refractivity contribution in [3.05, 3.63) is 40.3 Å². The number of nitrogens with one attached hydrogen (secondary N) is 2. The number of aromatic hydroxyl groups is 1. The number of hydrogen-bond donors (Lipinski definition) is 5. The molecule has 1 aromatic carbocycles. The maximum atomic E-state index is 12.3. The number of aromatic nitrogens is 4. The van der Waals surface area contributed by atoms with E-state index in [1.807, 2.05) is 19.9 Å². The Morgan fingerprint density at radius 3 is 2.68 bits per heavy atom. The number of anilines is 2. The number of benzene rings is 1. The summed E-state index contributed by atoms with van der Waals surface area (Å²) in [6.45, 7) is 4.96. The van der Waals surface area contributed by atoms with Crippen LogP contribution in [0.3, 0.4) is 0 Å². The molecule has 3 rings (SSSR count). The molecule has 0 bridgehead atoms. The van der Waals surface area contributed by atoms with E-state index < -0.39 is 0 Å². The second-order valence-electron chi connectivity index (χ2n) is 5.67. The standard InChI is InChI=1S/C16H20N6O3.C2H6.CH4/c17-13-12-14(21-15(20-13)18-6-1-2-7-23)22(16(25)19-12)9-10-4-3-5-11(24)8-10;1-2;/h3-5,8,23-24H,1-2,6-7,9H2,(H,19,25)(H3,17,18,20,21);1-2H3;1H4. The number of nitrogens with two attached hydrogens (primary N) is 1. The van der Waals surface area contributed by atoms with Crippen LogP contribution in [0.15, 0.2) is 29.1 Å². The Morgan fingerprint density at radius 2 is 2.00 bits per heavy atom. The number of fused-ring (bicyclic) bond motifs is 1. The zero-order valence-electron chi connectivity index (χ0n) is 15.6. The normalized spacial score (nSPS) is 10.1. The molecule has 0 radical (unpaired) electrons. The Labute approximate surface area is 164 Å². The van der Waals surface area contributed by atoms with E-state index in [4.69, 9.17) is 10.8 Å². The molecular weight excluding hydrogens is 360 g/mol. The highest BCUT2D eigenvalue weighted by molar-refractivity contribution is 5.82.